The molecule has 1 heterocycles. The minimum absolute atomic E-state index is 0.0317. The second-order valence-corrected chi connectivity index (χ2v) is 10.3. The van der Waals surface area contributed by atoms with Crippen LogP contribution < -0.4 is 10.6 Å². The molecule has 0 aromatic heterocycles. The second-order valence-electron chi connectivity index (χ2n) is 8.48. The molecule has 1 saturated heterocycles. The number of hydrogen-bond acceptors (Lipinski definition) is 4. The molecule has 172 valence electrons. The van der Waals surface area contributed by atoms with Crippen molar-refractivity contribution < 1.29 is 18.0 Å². The third-order valence-electron chi connectivity index (χ3n) is 5.73. The van der Waals surface area contributed by atoms with Gasteiger partial charge in [-0.15, -0.1) is 0 Å². The van der Waals surface area contributed by atoms with Crippen LogP contribution >= 0.6 is 0 Å². The van der Waals surface area contributed by atoms with Gasteiger partial charge in [-0.3, -0.25) is 9.59 Å². The number of piperidine rings is 1. The van der Waals surface area contributed by atoms with Gasteiger partial charge >= 0.3 is 0 Å². The normalized spacial score (nSPS) is 20.3. The van der Waals surface area contributed by atoms with Crippen LogP contribution in [0.5, 0.6) is 0 Å². The number of nitrogens with zero attached hydrogens (tertiary/aromatic N) is 1. The summed E-state index contributed by atoms with van der Waals surface area (Å²) in [6, 6.07) is 14.6. The molecule has 7 nitrogen and oxygen atoms in total. The fraction of sp³-hybridized carbons (Fsp3) is 0.417. The molecule has 3 atom stereocenters. The third-order valence-corrected chi connectivity index (χ3v) is 7.87. The molecule has 8 heteroatoms. The molecule has 2 aromatic rings. The van der Waals surface area contributed by atoms with Crippen molar-refractivity contribution in [1.29, 1.82) is 0 Å². The van der Waals surface area contributed by atoms with Crippen molar-refractivity contribution in [3.8, 4) is 0 Å². The number of carbonyl (C=O) groups is 2. The lowest BCUT2D eigenvalue weighted by Gasteiger charge is -2.37. The number of benzene rings is 2. The van der Waals surface area contributed by atoms with Crippen molar-refractivity contribution in [3.05, 3.63) is 60.2 Å². The van der Waals surface area contributed by atoms with Crippen LogP contribution in [0.3, 0.4) is 0 Å². The lowest BCUT2D eigenvalue weighted by atomic mass is 10.0. The van der Waals surface area contributed by atoms with Crippen molar-refractivity contribution in [2.24, 2.45) is 0 Å². The monoisotopic (exact) mass is 457 g/mol. The van der Waals surface area contributed by atoms with E-state index in [0.717, 1.165) is 19.3 Å². The number of anilines is 1. The lowest BCUT2D eigenvalue weighted by Crippen LogP contribution is -2.47. The van der Waals surface area contributed by atoms with Gasteiger partial charge in [0.2, 0.25) is 15.9 Å². The fourth-order valence-electron chi connectivity index (χ4n) is 4.14. The van der Waals surface area contributed by atoms with E-state index in [1.54, 1.807) is 47.6 Å². The summed E-state index contributed by atoms with van der Waals surface area (Å²) in [6.07, 6.45) is 2.85. The maximum Gasteiger partial charge on any atom is 0.251 e. The first-order valence-electron chi connectivity index (χ1n) is 11.0. The first-order valence-corrected chi connectivity index (χ1v) is 12.4. The molecule has 1 aliphatic heterocycles. The predicted molar refractivity (Wildman–Crippen MR) is 125 cm³/mol. The summed E-state index contributed by atoms with van der Waals surface area (Å²) < 4.78 is 27.8. The second kappa shape index (κ2) is 10.3. The van der Waals surface area contributed by atoms with Crippen molar-refractivity contribution in [2.45, 2.75) is 69.5 Å². The number of sulfonamides is 1. The zero-order valence-corrected chi connectivity index (χ0v) is 19.6. The predicted octanol–water partition coefficient (Wildman–Crippen LogP) is 3.79. The van der Waals surface area contributed by atoms with Gasteiger partial charge in [0.15, 0.2) is 0 Å². The molecule has 2 N–H and O–H groups in total. The molecule has 0 aliphatic carbocycles. The van der Waals surface area contributed by atoms with E-state index in [9.17, 15) is 18.0 Å². The quantitative estimate of drug-likeness (QED) is 0.661. The molecular weight excluding hydrogens is 426 g/mol. The van der Waals surface area contributed by atoms with E-state index in [1.165, 1.54) is 12.1 Å². The average molecular weight is 458 g/mol. The van der Waals surface area contributed by atoms with Gasteiger partial charge in [0.25, 0.3) is 5.91 Å². The molecule has 0 spiro atoms. The van der Waals surface area contributed by atoms with Gasteiger partial charge < -0.3 is 10.6 Å². The Balaban J connectivity index is 1.58. The Morgan fingerprint density at radius 1 is 1.00 bits per heavy atom. The lowest BCUT2D eigenvalue weighted by molar-refractivity contribution is -0.116. The van der Waals surface area contributed by atoms with Crippen LogP contribution in [0.1, 0.15) is 56.8 Å². The Kier molecular flexibility index (Phi) is 7.69. The molecule has 0 radical (unpaired) electrons. The molecule has 2 amide bonds. The van der Waals surface area contributed by atoms with Crippen LogP contribution in [-0.4, -0.2) is 42.7 Å². The molecule has 1 fully saturated rings. The Bertz CT molecular complexity index is 1030. The largest absolute Gasteiger partial charge is 0.349 e. The maximum atomic E-state index is 13.1. The standard InChI is InChI=1S/C24H31N3O4S/c1-17(25-24(29)20-10-5-4-6-11-20)16-23(28)26-21-12-14-22(15-13-21)32(30,31)27-18(2)8-7-9-19(27)3/h4-6,10-15,17-19H,7-9,16H2,1-3H3,(H,25,29)(H,26,28)/t17-,18-,19+/m0/s1. The summed E-state index contributed by atoms with van der Waals surface area (Å²) in [5.41, 5.74) is 1.05. The van der Waals surface area contributed by atoms with Crippen molar-refractivity contribution >= 4 is 27.5 Å². The van der Waals surface area contributed by atoms with Gasteiger partial charge in [-0.2, -0.15) is 4.31 Å². The van der Waals surface area contributed by atoms with Crippen LogP contribution in [0.15, 0.2) is 59.5 Å². The van der Waals surface area contributed by atoms with E-state index >= 15 is 0 Å². The molecular formula is C24H31N3O4S. The van der Waals surface area contributed by atoms with Crippen LogP contribution in [0.2, 0.25) is 0 Å². The van der Waals surface area contributed by atoms with Crippen LogP contribution in [0, 0.1) is 0 Å². The molecule has 0 saturated carbocycles. The van der Waals surface area contributed by atoms with E-state index in [0.29, 0.717) is 11.3 Å². The highest BCUT2D eigenvalue weighted by Crippen LogP contribution is 2.29. The first kappa shape index (κ1) is 23.9. The zero-order chi connectivity index (χ0) is 23.3. The summed E-state index contributed by atoms with van der Waals surface area (Å²) in [4.78, 5) is 24.8. The van der Waals surface area contributed by atoms with Gasteiger partial charge in [0.1, 0.15) is 0 Å². The topological polar surface area (TPSA) is 95.6 Å². The minimum atomic E-state index is -3.59. The molecule has 0 unspecified atom stereocenters. The highest BCUT2D eigenvalue weighted by atomic mass is 32.2. The van der Waals surface area contributed by atoms with Crippen molar-refractivity contribution in [2.75, 3.05) is 5.32 Å². The first-order chi connectivity index (χ1) is 15.2. The Labute approximate surface area is 190 Å². The maximum absolute atomic E-state index is 13.1. The summed E-state index contributed by atoms with van der Waals surface area (Å²) in [7, 11) is -3.59. The van der Waals surface area contributed by atoms with E-state index in [1.807, 2.05) is 19.9 Å². The van der Waals surface area contributed by atoms with Crippen LogP contribution in [0.25, 0.3) is 0 Å². The molecule has 1 aliphatic rings. The van der Waals surface area contributed by atoms with Crippen molar-refractivity contribution in [3.63, 3.8) is 0 Å². The number of nitrogens with one attached hydrogen (secondary N) is 2. The van der Waals surface area contributed by atoms with Gasteiger partial charge in [0, 0.05) is 35.8 Å². The smallest absolute Gasteiger partial charge is 0.251 e. The summed E-state index contributed by atoms with van der Waals surface area (Å²) >= 11 is 0. The average Bonchev–Trinajstić information content (AvgIpc) is 2.74. The number of rotatable bonds is 7. The molecule has 32 heavy (non-hydrogen) atoms. The van der Waals surface area contributed by atoms with Gasteiger partial charge in [-0.05, 0) is 70.0 Å². The fourth-order valence-corrected chi connectivity index (χ4v) is 6.02. The Hall–Kier alpha value is -2.71. The highest BCUT2D eigenvalue weighted by molar-refractivity contribution is 7.89. The third kappa shape index (κ3) is 5.75. The van der Waals surface area contributed by atoms with Gasteiger partial charge in [0.05, 0.1) is 4.90 Å². The Morgan fingerprint density at radius 3 is 2.19 bits per heavy atom. The van der Waals surface area contributed by atoms with E-state index < -0.39 is 10.0 Å². The van der Waals surface area contributed by atoms with E-state index in [4.69, 9.17) is 0 Å². The summed E-state index contributed by atoms with van der Waals surface area (Å²) in [5.74, 6) is -0.499. The number of amides is 2. The van der Waals surface area contributed by atoms with Crippen LogP contribution in [0.4, 0.5) is 5.69 Å². The molecule has 3 rings (SSSR count). The van der Waals surface area contributed by atoms with E-state index in [2.05, 4.69) is 10.6 Å². The SMILES string of the molecule is C[C@@H]1CCC[C@H](C)N1S(=O)(=O)c1ccc(NC(=O)C[C@H](C)NC(=O)c2ccccc2)cc1. The molecule has 0 bridgehead atoms. The minimum Gasteiger partial charge on any atom is -0.349 e. The summed E-state index contributed by atoms with van der Waals surface area (Å²) in [6.45, 7) is 5.65. The van der Waals surface area contributed by atoms with Gasteiger partial charge in [-0.25, -0.2) is 8.42 Å². The van der Waals surface area contributed by atoms with Crippen molar-refractivity contribution in [1.82, 2.24) is 9.62 Å². The highest BCUT2D eigenvalue weighted by Gasteiger charge is 2.35. The number of hydrogen-bond donors (Lipinski definition) is 2. The number of carbonyl (C=O) groups excluding carboxylic acids is 2. The van der Waals surface area contributed by atoms with Gasteiger partial charge in [-0.1, -0.05) is 24.6 Å². The van der Waals surface area contributed by atoms with E-state index in [-0.39, 0.29) is 41.3 Å². The van der Waals surface area contributed by atoms with Crippen LogP contribution in [-0.2, 0) is 14.8 Å². The summed E-state index contributed by atoms with van der Waals surface area (Å²) in [5, 5.41) is 5.56. The molecule has 2 aromatic carbocycles. The zero-order valence-electron chi connectivity index (χ0n) is 18.7. The Morgan fingerprint density at radius 2 is 1.59 bits per heavy atom.